The average Bonchev–Trinajstić information content (AvgIpc) is 2.94. The van der Waals surface area contributed by atoms with Crippen LogP contribution in [0, 0.1) is 11.6 Å². The van der Waals surface area contributed by atoms with E-state index in [0.29, 0.717) is 33.4 Å². The average molecular weight is 557 g/mol. The number of likely N-dealkylation sites (N-methyl/N-ethyl adjacent to an activating group) is 1. The molecule has 1 aromatic heterocycles. The second-order valence-electron chi connectivity index (χ2n) is 10.0. The van der Waals surface area contributed by atoms with Crippen LogP contribution in [0.15, 0.2) is 72.0 Å². The second kappa shape index (κ2) is 11.7. The van der Waals surface area contributed by atoms with E-state index in [4.69, 9.17) is 17.2 Å². The predicted molar refractivity (Wildman–Crippen MR) is 157 cm³/mol. The Bertz CT molecular complexity index is 1580. The van der Waals surface area contributed by atoms with Gasteiger partial charge in [0, 0.05) is 72.7 Å². The molecular weight excluding hydrogens is 526 g/mol. The number of hydrogen-bond donors (Lipinski definition) is 3. The van der Waals surface area contributed by atoms with Crippen molar-refractivity contribution < 1.29 is 13.6 Å². The number of nitrogen functional groups attached to an aromatic ring is 2. The SMILES string of the molecule is CN1CCN(c2ccc(C(=O)N=C(N)c3cc(Cc4cc(F)cc(F)c4)c(-c4cnc(N)nc4)cc3N)cc2)CC1. The predicted octanol–water partition coefficient (Wildman–Crippen LogP) is 3.47. The van der Waals surface area contributed by atoms with Crippen LogP contribution in [0.1, 0.15) is 27.0 Å². The fourth-order valence-corrected chi connectivity index (χ4v) is 4.82. The van der Waals surface area contributed by atoms with E-state index >= 15 is 0 Å². The third-order valence-electron chi connectivity index (χ3n) is 7.06. The van der Waals surface area contributed by atoms with Crippen molar-refractivity contribution in [3.8, 4) is 11.1 Å². The van der Waals surface area contributed by atoms with Crippen molar-refractivity contribution in [3.63, 3.8) is 0 Å². The lowest BCUT2D eigenvalue weighted by molar-refractivity contribution is 0.100. The number of aromatic nitrogens is 2. The smallest absolute Gasteiger partial charge is 0.278 e. The van der Waals surface area contributed by atoms with Crippen molar-refractivity contribution in [1.82, 2.24) is 14.9 Å². The van der Waals surface area contributed by atoms with Gasteiger partial charge in [0.2, 0.25) is 5.95 Å². The molecule has 0 radical (unpaired) electrons. The van der Waals surface area contributed by atoms with Crippen molar-refractivity contribution in [2.24, 2.45) is 10.7 Å². The number of halogens is 2. The number of amides is 1. The van der Waals surface area contributed by atoms with Crippen LogP contribution in [0.25, 0.3) is 11.1 Å². The van der Waals surface area contributed by atoms with E-state index in [1.165, 1.54) is 24.5 Å². The van der Waals surface area contributed by atoms with Gasteiger partial charge in [-0.2, -0.15) is 4.99 Å². The molecule has 6 N–H and O–H groups in total. The van der Waals surface area contributed by atoms with Crippen LogP contribution < -0.4 is 22.1 Å². The molecule has 0 spiro atoms. The highest BCUT2D eigenvalue weighted by molar-refractivity contribution is 6.11. The lowest BCUT2D eigenvalue weighted by Crippen LogP contribution is -2.44. The molecule has 9 nitrogen and oxygen atoms in total. The van der Waals surface area contributed by atoms with Crippen LogP contribution in [0.2, 0.25) is 0 Å². The normalized spacial score (nSPS) is 14.3. The molecule has 4 aromatic rings. The van der Waals surface area contributed by atoms with Crippen molar-refractivity contribution in [2.45, 2.75) is 6.42 Å². The molecular formula is C30H30F2N8O. The van der Waals surface area contributed by atoms with E-state index in [1.807, 2.05) is 12.1 Å². The van der Waals surface area contributed by atoms with Gasteiger partial charge in [-0.05, 0) is 78.7 Å². The molecule has 210 valence electrons. The van der Waals surface area contributed by atoms with E-state index in [9.17, 15) is 13.6 Å². The van der Waals surface area contributed by atoms with Crippen molar-refractivity contribution >= 4 is 29.1 Å². The minimum Gasteiger partial charge on any atom is -0.398 e. The number of aliphatic imine (C=N–C) groups is 1. The zero-order chi connectivity index (χ0) is 29.1. The summed E-state index contributed by atoms with van der Waals surface area (Å²) in [5, 5.41) is 0. The highest BCUT2D eigenvalue weighted by atomic mass is 19.1. The molecule has 1 amide bonds. The van der Waals surface area contributed by atoms with Gasteiger partial charge in [-0.15, -0.1) is 0 Å². The number of hydrogen-bond acceptors (Lipinski definition) is 7. The molecule has 11 heteroatoms. The highest BCUT2D eigenvalue weighted by Crippen LogP contribution is 2.30. The Morgan fingerprint density at radius 2 is 1.56 bits per heavy atom. The van der Waals surface area contributed by atoms with E-state index in [1.54, 1.807) is 24.3 Å². The summed E-state index contributed by atoms with van der Waals surface area (Å²) in [5.41, 5.74) is 22.5. The molecule has 1 aliphatic heterocycles. The molecule has 0 aliphatic carbocycles. The van der Waals surface area contributed by atoms with Crippen molar-refractivity contribution in [1.29, 1.82) is 0 Å². The zero-order valence-corrected chi connectivity index (χ0v) is 22.5. The van der Waals surface area contributed by atoms with Gasteiger partial charge in [-0.25, -0.2) is 18.7 Å². The number of piperazine rings is 1. The number of nitrogens with zero attached hydrogens (tertiary/aromatic N) is 5. The van der Waals surface area contributed by atoms with Crippen LogP contribution in [0.5, 0.6) is 0 Å². The summed E-state index contributed by atoms with van der Waals surface area (Å²) in [4.78, 5) is 29.7. The van der Waals surface area contributed by atoms with Gasteiger partial charge < -0.3 is 27.0 Å². The number of rotatable bonds is 6. The Hall–Kier alpha value is -4.90. The summed E-state index contributed by atoms with van der Waals surface area (Å²) >= 11 is 0. The molecule has 1 fully saturated rings. The standard InChI is InChI=1S/C30H30F2N8O/c1-39-6-8-40(9-7-39)24-4-2-19(3-5-24)29(41)38-28(34)26-13-20(10-18-11-22(31)14-23(32)12-18)25(15-27(26)33)21-16-36-30(35)37-17-21/h2-5,11-17H,6-10,33H2,1H3,(H2,34,38,41)(H2,35,36,37). The zero-order valence-electron chi connectivity index (χ0n) is 22.5. The van der Waals surface area contributed by atoms with Gasteiger partial charge in [-0.1, -0.05) is 0 Å². The Balaban J connectivity index is 1.45. The molecule has 41 heavy (non-hydrogen) atoms. The minimum atomic E-state index is -0.696. The lowest BCUT2D eigenvalue weighted by atomic mass is 9.93. The Morgan fingerprint density at radius 1 is 0.927 bits per heavy atom. The summed E-state index contributed by atoms with van der Waals surface area (Å²) in [6.45, 7) is 3.78. The molecule has 1 saturated heterocycles. The van der Waals surface area contributed by atoms with Crippen LogP contribution in [0.3, 0.4) is 0 Å². The fraction of sp³-hybridized carbons (Fsp3) is 0.200. The van der Waals surface area contributed by atoms with Crippen LogP contribution in [-0.2, 0) is 6.42 Å². The maximum atomic E-state index is 13.9. The molecule has 3 aromatic carbocycles. The maximum Gasteiger partial charge on any atom is 0.278 e. The van der Waals surface area contributed by atoms with Crippen molar-refractivity contribution in [2.75, 3.05) is 49.6 Å². The van der Waals surface area contributed by atoms with E-state index in [-0.39, 0.29) is 23.9 Å². The van der Waals surface area contributed by atoms with Crippen LogP contribution in [-0.4, -0.2) is 59.8 Å². The van der Waals surface area contributed by atoms with Gasteiger partial charge in [0.1, 0.15) is 17.5 Å². The number of amidine groups is 1. The van der Waals surface area contributed by atoms with Crippen molar-refractivity contribution in [3.05, 3.63) is 101 Å². The Labute approximate surface area is 236 Å². The summed E-state index contributed by atoms with van der Waals surface area (Å²) in [6, 6.07) is 13.9. The van der Waals surface area contributed by atoms with Gasteiger partial charge in [0.15, 0.2) is 0 Å². The minimum absolute atomic E-state index is 0.0811. The maximum absolute atomic E-state index is 13.9. The molecule has 1 aliphatic rings. The summed E-state index contributed by atoms with van der Waals surface area (Å²) in [6.07, 6.45) is 3.19. The third kappa shape index (κ3) is 6.47. The number of benzene rings is 3. The largest absolute Gasteiger partial charge is 0.398 e. The molecule has 0 bridgehead atoms. The highest BCUT2D eigenvalue weighted by Gasteiger charge is 2.17. The molecule has 0 unspecified atom stereocenters. The number of carbonyl (C=O) groups is 1. The number of carbonyl (C=O) groups excluding carboxylic acids is 1. The van der Waals surface area contributed by atoms with E-state index in [0.717, 1.165) is 37.9 Å². The summed E-state index contributed by atoms with van der Waals surface area (Å²) in [7, 11) is 2.10. The fourth-order valence-electron chi connectivity index (χ4n) is 4.82. The topological polar surface area (TPSA) is 140 Å². The van der Waals surface area contributed by atoms with E-state index < -0.39 is 17.5 Å². The third-order valence-corrected chi connectivity index (χ3v) is 7.06. The van der Waals surface area contributed by atoms with Crippen LogP contribution in [0.4, 0.5) is 26.1 Å². The van der Waals surface area contributed by atoms with Gasteiger partial charge in [0.25, 0.3) is 5.91 Å². The first-order valence-corrected chi connectivity index (χ1v) is 13.0. The van der Waals surface area contributed by atoms with E-state index in [2.05, 4.69) is 31.8 Å². The summed E-state index contributed by atoms with van der Waals surface area (Å²) in [5.74, 6) is -1.89. The monoisotopic (exact) mass is 556 g/mol. The van der Waals surface area contributed by atoms with Gasteiger partial charge >= 0.3 is 0 Å². The molecule has 0 atom stereocenters. The molecule has 0 saturated carbocycles. The number of anilines is 3. The van der Waals surface area contributed by atoms with Gasteiger partial charge in [0.05, 0.1) is 0 Å². The first kappa shape index (κ1) is 27.7. The first-order valence-electron chi connectivity index (χ1n) is 13.0. The lowest BCUT2D eigenvalue weighted by Gasteiger charge is -2.34. The van der Waals surface area contributed by atoms with Crippen LogP contribution >= 0.6 is 0 Å². The molecule has 5 rings (SSSR count). The quantitative estimate of drug-likeness (QED) is 0.186. The Morgan fingerprint density at radius 3 is 2.20 bits per heavy atom. The number of nitrogens with two attached hydrogens (primary N) is 3. The Kier molecular flexibility index (Phi) is 7.88. The molecule has 2 heterocycles. The summed E-state index contributed by atoms with van der Waals surface area (Å²) < 4.78 is 27.9. The first-order chi connectivity index (χ1) is 19.7. The van der Waals surface area contributed by atoms with Gasteiger partial charge in [-0.3, -0.25) is 4.79 Å². The second-order valence-corrected chi connectivity index (χ2v) is 10.0.